The second-order valence-corrected chi connectivity index (χ2v) is 8.07. The van der Waals surface area contributed by atoms with Gasteiger partial charge in [-0.3, -0.25) is 4.90 Å². The molecule has 0 bridgehead atoms. The van der Waals surface area contributed by atoms with Crippen LogP contribution < -0.4 is 5.32 Å². The molecule has 2 heterocycles. The Morgan fingerprint density at radius 1 is 1.21 bits per heavy atom. The summed E-state index contributed by atoms with van der Waals surface area (Å²) in [5.41, 5.74) is 0.393. The quantitative estimate of drug-likeness (QED) is 0.842. The van der Waals surface area contributed by atoms with Gasteiger partial charge in [-0.1, -0.05) is 0 Å². The Bertz CT molecular complexity index is 302. The molecule has 2 unspecified atom stereocenters. The third-order valence-corrected chi connectivity index (χ3v) is 6.18. The molecule has 0 aromatic rings. The van der Waals surface area contributed by atoms with Crippen molar-refractivity contribution < 1.29 is 0 Å². The predicted octanol–water partition coefficient (Wildman–Crippen LogP) is 1.50. The molecule has 110 valence electrons. The zero-order valence-corrected chi connectivity index (χ0v) is 13.3. The van der Waals surface area contributed by atoms with Gasteiger partial charge in [-0.05, 0) is 32.6 Å². The molecule has 0 radical (unpaired) electrons. The maximum absolute atomic E-state index is 3.82. The van der Waals surface area contributed by atoms with Gasteiger partial charge in [-0.2, -0.15) is 11.8 Å². The average Bonchev–Trinajstić information content (AvgIpc) is 3.26. The lowest BCUT2D eigenvalue weighted by Crippen LogP contribution is -2.64. The van der Waals surface area contributed by atoms with Crippen LogP contribution in [0.25, 0.3) is 0 Å². The molecule has 1 saturated carbocycles. The summed E-state index contributed by atoms with van der Waals surface area (Å²) in [6.07, 6.45) is 2.88. The topological polar surface area (TPSA) is 18.5 Å². The minimum atomic E-state index is 0.393. The monoisotopic (exact) mass is 283 g/mol. The smallest absolute Gasteiger partial charge is 0.0309 e. The van der Waals surface area contributed by atoms with E-state index in [0.29, 0.717) is 11.6 Å². The highest BCUT2D eigenvalue weighted by atomic mass is 32.2. The molecule has 3 aliphatic rings. The van der Waals surface area contributed by atoms with Gasteiger partial charge in [0.2, 0.25) is 0 Å². The SMILES string of the molecule is CC1CNC(C)(C2CC2)CN1CCN1CCSCC1. The minimum Gasteiger partial charge on any atom is -0.308 e. The Hall–Kier alpha value is 0.230. The Labute approximate surface area is 122 Å². The fourth-order valence-corrected chi connectivity index (χ4v) is 4.51. The summed E-state index contributed by atoms with van der Waals surface area (Å²) in [5.74, 6) is 3.60. The van der Waals surface area contributed by atoms with Crippen LogP contribution in [0.1, 0.15) is 26.7 Å². The van der Waals surface area contributed by atoms with Gasteiger partial charge in [-0.15, -0.1) is 0 Å². The molecule has 19 heavy (non-hydrogen) atoms. The number of rotatable bonds is 4. The summed E-state index contributed by atoms with van der Waals surface area (Å²) in [6.45, 7) is 12.4. The van der Waals surface area contributed by atoms with Crippen molar-refractivity contribution in [3.63, 3.8) is 0 Å². The van der Waals surface area contributed by atoms with E-state index in [0.717, 1.165) is 5.92 Å². The summed E-state index contributed by atoms with van der Waals surface area (Å²) >= 11 is 2.11. The molecule has 2 aliphatic heterocycles. The molecule has 4 heteroatoms. The van der Waals surface area contributed by atoms with Crippen molar-refractivity contribution in [2.24, 2.45) is 5.92 Å². The van der Waals surface area contributed by atoms with Gasteiger partial charge >= 0.3 is 0 Å². The number of nitrogens with one attached hydrogen (secondary N) is 1. The Morgan fingerprint density at radius 2 is 1.95 bits per heavy atom. The van der Waals surface area contributed by atoms with Crippen LogP contribution >= 0.6 is 11.8 Å². The molecule has 2 saturated heterocycles. The van der Waals surface area contributed by atoms with Crippen molar-refractivity contribution >= 4 is 11.8 Å². The van der Waals surface area contributed by atoms with Crippen LogP contribution in [0.5, 0.6) is 0 Å². The molecule has 2 atom stereocenters. The van der Waals surface area contributed by atoms with E-state index in [-0.39, 0.29) is 0 Å². The lowest BCUT2D eigenvalue weighted by molar-refractivity contribution is 0.0738. The van der Waals surface area contributed by atoms with E-state index in [4.69, 9.17) is 0 Å². The van der Waals surface area contributed by atoms with Gasteiger partial charge in [-0.25, -0.2) is 0 Å². The van der Waals surface area contributed by atoms with Crippen LogP contribution in [0.2, 0.25) is 0 Å². The van der Waals surface area contributed by atoms with Gasteiger partial charge in [0.15, 0.2) is 0 Å². The van der Waals surface area contributed by atoms with Gasteiger partial charge in [0, 0.05) is 62.4 Å². The highest BCUT2D eigenvalue weighted by Gasteiger charge is 2.45. The standard InChI is InChI=1S/C15H29N3S/c1-13-11-16-15(2,14-3-4-14)12-18(13)6-5-17-7-9-19-10-8-17/h13-14,16H,3-12H2,1-2H3. The Morgan fingerprint density at radius 3 is 2.63 bits per heavy atom. The third-order valence-electron chi connectivity index (χ3n) is 5.24. The summed E-state index contributed by atoms with van der Waals surface area (Å²) < 4.78 is 0. The van der Waals surface area contributed by atoms with Crippen LogP contribution in [0, 0.1) is 5.92 Å². The second kappa shape index (κ2) is 5.92. The summed E-state index contributed by atoms with van der Waals surface area (Å²) in [4.78, 5) is 5.39. The second-order valence-electron chi connectivity index (χ2n) is 6.85. The van der Waals surface area contributed by atoms with E-state index in [2.05, 4.69) is 40.7 Å². The molecular formula is C15H29N3S. The lowest BCUT2D eigenvalue weighted by Gasteiger charge is -2.46. The van der Waals surface area contributed by atoms with E-state index >= 15 is 0 Å². The van der Waals surface area contributed by atoms with Gasteiger partial charge in [0.05, 0.1) is 0 Å². The first kappa shape index (κ1) is 14.2. The van der Waals surface area contributed by atoms with Crippen molar-refractivity contribution in [3.05, 3.63) is 0 Å². The van der Waals surface area contributed by atoms with Crippen molar-refractivity contribution in [2.75, 3.05) is 50.8 Å². The molecule has 1 N–H and O–H groups in total. The maximum atomic E-state index is 3.82. The molecule has 0 amide bonds. The van der Waals surface area contributed by atoms with Crippen LogP contribution in [0.3, 0.4) is 0 Å². The van der Waals surface area contributed by atoms with Crippen LogP contribution in [-0.4, -0.2) is 72.2 Å². The number of thioether (sulfide) groups is 1. The van der Waals surface area contributed by atoms with E-state index in [9.17, 15) is 0 Å². The van der Waals surface area contributed by atoms with Crippen molar-refractivity contribution in [1.82, 2.24) is 15.1 Å². The molecule has 3 rings (SSSR count). The zero-order valence-electron chi connectivity index (χ0n) is 12.5. The van der Waals surface area contributed by atoms with Crippen molar-refractivity contribution in [1.29, 1.82) is 0 Å². The molecule has 3 fully saturated rings. The van der Waals surface area contributed by atoms with Crippen molar-refractivity contribution in [3.8, 4) is 0 Å². The first-order valence-corrected chi connectivity index (χ1v) is 9.12. The first-order chi connectivity index (χ1) is 9.17. The molecule has 3 nitrogen and oxygen atoms in total. The highest BCUT2D eigenvalue weighted by Crippen LogP contribution is 2.41. The van der Waals surface area contributed by atoms with E-state index in [1.165, 1.54) is 63.6 Å². The van der Waals surface area contributed by atoms with Crippen LogP contribution in [-0.2, 0) is 0 Å². The summed E-state index contributed by atoms with van der Waals surface area (Å²) in [7, 11) is 0. The minimum absolute atomic E-state index is 0.393. The van der Waals surface area contributed by atoms with Gasteiger partial charge < -0.3 is 10.2 Å². The first-order valence-electron chi connectivity index (χ1n) is 7.96. The summed E-state index contributed by atoms with van der Waals surface area (Å²) in [6, 6.07) is 0.700. The number of nitrogens with zero attached hydrogens (tertiary/aromatic N) is 2. The molecule has 0 aromatic carbocycles. The maximum Gasteiger partial charge on any atom is 0.0309 e. The fraction of sp³-hybridized carbons (Fsp3) is 1.00. The zero-order chi connectivity index (χ0) is 13.3. The van der Waals surface area contributed by atoms with E-state index in [1.54, 1.807) is 0 Å². The molecule has 0 spiro atoms. The fourth-order valence-electron chi connectivity index (χ4n) is 3.53. The normalized spacial score (nSPS) is 38.5. The van der Waals surface area contributed by atoms with Crippen molar-refractivity contribution in [2.45, 2.75) is 38.3 Å². The number of hydrogen-bond acceptors (Lipinski definition) is 4. The number of hydrogen-bond donors (Lipinski definition) is 1. The predicted molar refractivity (Wildman–Crippen MR) is 83.9 cm³/mol. The lowest BCUT2D eigenvalue weighted by atomic mass is 9.91. The third kappa shape index (κ3) is 3.46. The van der Waals surface area contributed by atoms with E-state index < -0.39 is 0 Å². The molecular weight excluding hydrogens is 254 g/mol. The summed E-state index contributed by atoms with van der Waals surface area (Å²) in [5, 5.41) is 3.82. The van der Waals surface area contributed by atoms with Gasteiger partial charge in [0.25, 0.3) is 0 Å². The molecule has 0 aromatic heterocycles. The Kier molecular flexibility index (Phi) is 4.42. The van der Waals surface area contributed by atoms with Crippen LogP contribution in [0.4, 0.5) is 0 Å². The Balaban J connectivity index is 1.50. The average molecular weight is 283 g/mol. The van der Waals surface area contributed by atoms with Gasteiger partial charge in [0.1, 0.15) is 0 Å². The highest BCUT2D eigenvalue weighted by molar-refractivity contribution is 7.99. The number of piperazine rings is 1. The largest absolute Gasteiger partial charge is 0.308 e. The van der Waals surface area contributed by atoms with E-state index in [1.807, 2.05) is 0 Å². The molecule has 1 aliphatic carbocycles. The van der Waals surface area contributed by atoms with Crippen LogP contribution in [0.15, 0.2) is 0 Å².